The highest BCUT2D eigenvalue weighted by Gasteiger charge is 2.28. The fourth-order valence-electron chi connectivity index (χ4n) is 1.63. The van der Waals surface area contributed by atoms with Crippen molar-refractivity contribution in [1.82, 2.24) is 10.6 Å². The molecule has 17 heavy (non-hydrogen) atoms. The largest absolute Gasteiger partial charge is 0.481 e. The van der Waals surface area contributed by atoms with Gasteiger partial charge in [0.05, 0.1) is 5.92 Å². The minimum absolute atomic E-state index is 0.0116. The van der Waals surface area contributed by atoms with Gasteiger partial charge in [-0.2, -0.15) is 0 Å². The number of carbonyl (C=O) groups is 3. The lowest BCUT2D eigenvalue weighted by Crippen LogP contribution is -2.49. The van der Waals surface area contributed by atoms with Crippen LogP contribution in [0.15, 0.2) is 0 Å². The fourth-order valence-corrected chi connectivity index (χ4v) is 1.63. The van der Waals surface area contributed by atoms with E-state index in [0.29, 0.717) is 19.4 Å². The lowest BCUT2D eigenvalue weighted by Gasteiger charge is -2.25. The lowest BCUT2D eigenvalue weighted by atomic mass is 9.94. The minimum atomic E-state index is -0.982. The van der Waals surface area contributed by atoms with Gasteiger partial charge >= 0.3 is 5.97 Å². The van der Waals surface area contributed by atoms with E-state index < -0.39 is 17.8 Å². The first-order chi connectivity index (χ1) is 7.91. The second kappa shape index (κ2) is 5.65. The Morgan fingerprint density at radius 3 is 2.53 bits per heavy atom. The predicted octanol–water partition coefficient (Wildman–Crippen LogP) is -0.262. The van der Waals surface area contributed by atoms with Crippen LogP contribution < -0.4 is 10.6 Å². The Morgan fingerprint density at radius 1 is 1.41 bits per heavy atom. The maximum atomic E-state index is 11.8. The molecule has 0 aromatic carbocycles. The monoisotopic (exact) mass is 242 g/mol. The topological polar surface area (TPSA) is 95.5 Å². The van der Waals surface area contributed by atoms with E-state index in [9.17, 15) is 14.4 Å². The van der Waals surface area contributed by atoms with E-state index in [1.54, 1.807) is 6.92 Å². The van der Waals surface area contributed by atoms with Crippen LogP contribution in [0.1, 0.15) is 26.7 Å². The summed E-state index contributed by atoms with van der Waals surface area (Å²) in [6, 6.07) is -0.0938. The number of hydrogen-bond acceptors (Lipinski definition) is 3. The highest BCUT2D eigenvalue weighted by atomic mass is 16.4. The Hall–Kier alpha value is -1.59. The molecule has 6 heteroatoms. The molecule has 3 atom stereocenters. The Morgan fingerprint density at radius 2 is 2.06 bits per heavy atom. The fraction of sp³-hybridized carbons (Fsp3) is 0.727. The van der Waals surface area contributed by atoms with Gasteiger partial charge in [0.1, 0.15) is 0 Å². The van der Waals surface area contributed by atoms with Gasteiger partial charge in [-0.1, -0.05) is 13.8 Å². The van der Waals surface area contributed by atoms with Crippen molar-refractivity contribution in [3.63, 3.8) is 0 Å². The second-order valence-electron chi connectivity index (χ2n) is 4.46. The molecule has 1 saturated heterocycles. The zero-order valence-corrected chi connectivity index (χ0v) is 10.0. The normalized spacial score (nSPS) is 23.4. The van der Waals surface area contributed by atoms with Crippen LogP contribution in [0.25, 0.3) is 0 Å². The van der Waals surface area contributed by atoms with Crippen LogP contribution in [-0.2, 0) is 14.4 Å². The summed E-state index contributed by atoms with van der Waals surface area (Å²) in [6.07, 6.45) is 1.000. The molecule has 1 fully saturated rings. The molecule has 6 nitrogen and oxygen atoms in total. The van der Waals surface area contributed by atoms with Crippen molar-refractivity contribution < 1.29 is 19.5 Å². The SMILES string of the molecule is CC(C(=O)O)C(C)C(=O)NC1CCC(=O)NC1. The van der Waals surface area contributed by atoms with Crippen LogP contribution in [-0.4, -0.2) is 35.5 Å². The molecular formula is C11H18N2O4. The molecule has 3 unspecified atom stereocenters. The van der Waals surface area contributed by atoms with Crippen LogP contribution >= 0.6 is 0 Å². The van der Waals surface area contributed by atoms with Gasteiger partial charge in [-0.3, -0.25) is 14.4 Å². The molecule has 96 valence electrons. The number of carboxylic acids is 1. The van der Waals surface area contributed by atoms with Gasteiger partial charge < -0.3 is 15.7 Å². The molecule has 0 radical (unpaired) electrons. The van der Waals surface area contributed by atoms with Gasteiger partial charge in [-0.25, -0.2) is 0 Å². The van der Waals surface area contributed by atoms with Crippen LogP contribution in [0, 0.1) is 11.8 Å². The summed E-state index contributed by atoms with van der Waals surface area (Å²) < 4.78 is 0. The predicted molar refractivity (Wildman–Crippen MR) is 60.1 cm³/mol. The van der Waals surface area contributed by atoms with Crippen LogP contribution in [0.2, 0.25) is 0 Å². The minimum Gasteiger partial charge on any atom is -0.481 e. The summed E-state index contributed by atoms with van der Waals surface area (Å²) >= 11 is 0. The van der Waals surface area contributed by atoms with Crippen molar-refractivity contribution in [1.29, 1.82) is 0 Å². The first kappa shape index (κ1) is 13.5. The summed E-state index contributed by atoms with van der Waals surface area (Å²) in [5.74, 6) is -2.56. The molecule has 1 rings (SSSR count). The molecule has 0 aromatic heterocycles. The van der Waals surface area contributed by atoms with E-state index in [1.165, 1.54) is 6.92 Å². The van der Waals surface area contributed by atoms with Crippen molar-refractivity contribution in [3.05, 3.63) is 0 Å². The van der Waals surface area contributed by atoms with E-state index in [1.807, 2.05) is 0 Å². The second-order valence-corrected chi connectivity index (χ2v) is 4.46. The van der Waals surface area contributed by atoms with Gasteiger partial charge in [-0.15, -0.1) is 0 Å². The van der Waals surface area contributed by atoms with Crippen molar-refractivity contribution in [2.75, 3.05) is 6.54 Å². The number of aliphatic carboxylic acids is 1. The van der Waals surface area contributed by atoms with Gasteiger partial charge in [0, 0.05) is 24.9 Å². The van der Waals surface area contributed by atoms with Crippen LogP contribution in [0.4, 0.5) is 0 Å². The molecule has 0 aliphatic carbocycles. The van der Waals surface area contributed by atoms with E-state index in [0.717, 1.165) is 0 Å². The number of amides is 2. The Kier molecular flexibility index (Phi) is 4.48. The van der Waals surface area contributed by atoms with Gasteiger partial charge in [0.25, 0.3) is 0 Å². The summed E-state index contributed by atoms with van der Waals surface area (Å²) in [7, 11) is 0. The molecule has 1 heterocycles. The van der Waals surface area contributed by atoms with Gasteiger partial charge in [0.15, 0.2) is 0 Å². The smallest absolute Gasteiger partial charge is 0.307 e. The molecule has 0 bridgehead atoms. The average Bonchev–Trinajstić information content (AvgIpc) is 2.30. The van der Waals surface area contributed by atoms with Gasteiger partial charge in [0.2, 0.25) is 11.8 Å². The summed E-state index contributed by atoms with van der Waals surface area (Å²) in [4.78, 5) is 33.4. The first-order valence-corrected chi connectivity index (χ1v) is 5.71. The number of nitrogens with one attached hydrogen (secondary N) is 2. The third-order valence-corrected chi connectivity index (χ3v) is 3.16. The molecule has 0 saturated carbocycles. The standard InChI is InChI=1S/C11H18N2O4/c1-6(7(2)11(16)17)10(15)13-8-3-4-9(14)12-5-8/h6-8H,3-5H2,1-2H3,(H,12,14)(H,13,15)(H,16,17). The molecule has 3 N–H and O–H groups in total. The molecular weight excluding hydrogens is 224 g/mol. The summed E-state index contributed by atoms with van der Waals surface area (Å²) in [5, 5.41) is 14.2. The Labute approximate surface area is 99.8 Å². The van der Waals surface area contributed by atoms with E-state index in [2.05, 4.69) is 10.6 Å². The molecule has 1 aliphatic rings. The quantitative estimate of drug-likeness (QED) is 0.632. The van der Waals surface area contributed by atoms with Crippen molar-refractivity contribution in [2.45, 2.75) is 32.7 Å². The lowest BCUT2D eigenvalue weighted by molar-refractivity contribution is -0.146. The molecule has 2 amide bonds. The Balaban J connectivity index is 2.43. The first-order valence-electron chi connectivity index (χ1n) is 5.71. The maximum Gasteiger partial charge on any atom is 0.307 e. The van der Waals surface area contributed by atoms with Crippen LogP contribution in [0.3, 0.4) is 0 Å². The highest BCUT2D eigenvalue weighted by Crippen LogP contribution is 2.12. The van der Waals surface area contributed by atoms with Crippen molar-refractivity contribution >= 4 is 17.8 Å². The average molecular weight is 242 g/mol. The number of carbonyl (C=O) groups excluding carboxylic acids is 2. The summed E-state index contributed by atoms with van der Waals surface area (Å²) in [6.45, 7) is 3.52. The van der Waals surface area contributed by atoms with Crippen molar-refractivity contribution in [3.8, 4) is 0 Å². The third-order valence-electron chi connectivity index (χ3n) is 3.16. The molecule has 1 aliphatic heterocycles. The van der Waals surface area contributed by atoms with Gasteiger partial charge in [-0.05, 0) is 6.42 Å². The van der Waals surface area contributed by atoms with Crippen LogP contribution in [0.5, 0.6) is 0 Å². The number of hydrogen-bond donors (Lipinski definition) is 3. The highest BCUT2D eigenvalue weighted by molar-refractivity contribution is 5.84. The third kappa shape index (κ3) is 3.72. The number of rotatable bonds is 4. The summed E-state index contributed by atoms with van der Waals surface area (Å²) in [5.41, 5.74) is 0. The molecule has 0 aromatic rings. The zero-order chi connectivity index (χ0) is 13.0. The van der Waals surface area contributed by atoms with E-state index in [4.69, 9.17) is 5.11 Å². The number of carboxylic acid groups (broad SMARTS) is 1. The van der Waals surface area contributed by atoms with E-state index in [-0.39, 0.29) is 17.9 Å². The zero-order valence-electron chi connectivity index (χ0n) is 10.0. The maximum absolute atomic E-state index is 11.8. The van der Waals surface area contributed by atoms with Crippen molar-refractivity contribution in [2.24, 2.45) is 11.8 Å². The Bertz CT molecular complexity index is 319. The van der Waals surface area contributed by atoms with E-state index >= 15 is 0 Å². The number of piperidine rings is 1. The molecule has 0 spiro atoms.